The molecule has 0 bridgehead atoms. The van der Waals surface area contributed by atoms with Crippen molar-refractivity contribution >= 4 is 28.3 Å². The van der Waals surface area contributed by atoms with E-state index in [1.807, 2.05) is 28.8 Å². The van der Waals surface area contributed by atoms with Gasteiger partial charge in [0.25, 0.3) is 0 Å². The van der Waals surface area contributed by atoms with E-state index in [4.69, 9.17) is 10.5 Å². The molecule has 3 aromatic rings. The number of ether oxygens (including phenoxy) is 1. The van der Waals surface area contributed by atoms with E-state index < -0.39 is 0 Å². The van der Waals surface area contributed by atoms with E-state index in [2.05, 4.69) is 0 Å². The fourth-order valence-corrected chi connectivity index (χ4v) is 2.89. The lowest BCUT2D eigenvalue weighted by atomic mass is 10.0. The molecular formula is C20H20N2O3. The lowest BCUT2D eigenvalue weighted by Crippen LogP contribution is -2.08. The number of fused-ring (bicyclic) bond motifs is 1. The highest BCUT2D eigenvalue weighted by molar-refractivity contribution is 6.16. The summed E-state index contributed by atoms with van der Waals surface area (Å²) in [6, 6.07) is 14.6. The summed E-state index contributed by atoms with van der Waals surface area (Å²) in [4.78, 5) is 24.5. The van der Waals surface area contributed by atoms with Gasteiger partial charge in [-0.15, -0.1) is 0 Å². The van der Waals surface area contributed by atoms with Crippen molar-refractivity contribution in [2.45, 2.75) is 19.9 Å². The van der Waals surface area contributed by atoms with Crippen LogP contribution in [0.15, 0.2) is 54.7 Å². The standard InChI is InChI=1S/C20H20N2O3/c1-2-25-19(23)10-11-22-13-17(16-8-3-4-9-18(16)22)20(24)14-6-5-7-15(21)12-14/h3-9,12-13H,2,10-11,21H2,1H3. The molecule has 0 aliphatic rings. The van der Waals surface area contributed by atoms with Crippen LogP contribution in [0.25, 0.3) is 10.9 Å². The summed E-state index contributed by atoms with van der Waals surface area (Å²) < 4.78 is 6.90. The molecule has 1 aromatic heterocycles. The van der Waals surface area contributed by atoms with Crippen LogP contribution in [0.5, 0.6) is 0 Å². The van der Waals surface area contributed by atoms with E-state index in [0.29, 0.717) is 30.0 Å². The van der Waals surface area contributed by atoms with Crippen LogP contribution >= 0.6 is 0 Å². The van der Waals surface area contributed by atoms with Crippen LogP contribution < -0.4 is 5.73 Å². The van der Waals surface area contributed by atoms with Gasteiger partial charge in [-0.05, 0) is 25.1 Å². The van der Waals surface area contributed by atoms with Crippen molar-refractivity contribution in [3.63, 3.8) is 0 Å². The molecule has 0 saturated heterocycles. The fraction of sp³-hybridized carbons (Fsp3) is 0.200. The van der Waals surface area contributed by atoms with Gasteiger partial charge in [-0.25, -0.2) is 0 Å². The van der Waals surface area contributed by atoms with Crippen LogP contribution in [-0.2, 0) is 16.1 Å². The van der Waals surface area contributed by atoms with E-state index in [9.17, 15) is 9.59 Å². The second kappa shape index (κ2) is 7.21. The Labute approximate surface area is 146 Å². The Morgan fingerprint density at radius 2 is 1.92 bits per heavy atom. The molecule has 0 aliphatic heterocycles. The molecule has 0 spiro atoms. The zero-order chi connectivity index (χ0) is 17.8. The van der Waals surface area contributed by atoms with Crippen LogP contribution in [0, 0.1) is 0 Å². The maximum atomic E-state index is 12.9. The van der Waals surface area contributed by atoms with Gasteiger partial charge < -0.3 is 15.0 Å². The second-order valence-electron chi connectivity index (χ2n) is 5.76. The number of para-hydroxylation sites is 1. The highest BCUT2D eigenvalue weighted by Gasteiger charge is 2.17. The predicted octanol–water partition coefficient (Wildman–Crippen LogP) is 3.41. The van der Waals surface area contributed by atoms with Crippen LogP contribution in [-0.4, -0.2) is 22.9 Å². The number of hydrogen-bond acceptors (Lipinski definition) is 4. The Hall–Kier alpha value is -3.08. The molecule has 1 heterocycles. The molecule has 0 radical (unpaired) electrons. The highest BCUT2D eigenvalue weighted by Crippen LogP contribution is 2.25. The minimum Gasteiger partial charge on any atom is -0.466 e. The van der Waals surface area contributed by atoms with Crippen LogP contribution in [0.2, 0.25) is 0 Å². The number of nitrogen functional groups attached to an aromatic ring is 1. The third-order valence-electron chi connectivity index (χ3n) is 4.04. The summed E-state index contributed by atoms with van der Waals surface area (Å²) in [6.45, 7) is 2.61. The molecule has 25 heavy (non-hydrogen) atoms. The molecule has 0 unspecified atom stereocenters. The average molecular weight is 336 g/mol. The average Bonchev–Trinajstić information content (AvgIpc) is 2.98. The molecule has 5 heteroatoms. The van der Waals surface area contributed by atoms with Gasteiger partial charge in [0.05, 0.1) is 13.0 Å². The Morgan fingerprint density at radius 3 is 2.68 bits per heavy atom. The molecule has 0 amide bonds. The number of aromatic nitrogens is 1. The van der Waals surface area contributed by atoms with E-state index in [1.165, 1.54) is 0 Å². The summed E-state index contributed by atoms with van der Waals surface area (Å²) >= 11 is 0. The Balaban J connectivity index is 1.96. The molecule has 5 nitrogen and oxygen atoms in total. The first-order valence-electron chi connectivity index (χ1n) is 8.24. The lowest BCUT2D eigenvalue weighted by Gasteiger charge is -2.05. The molecule has 2 N–H and O–H groups in total. The Kier molecular flexibility index (Phi) is 4.84. The van der Waals surface area contributed by atoms with Crippen molar-refractivity contribution in [3.05, 3.63) is 65.9 Å². The van der Waals surface area contributed by atoms with E-state index in [0.717, 1.165) is 10.9 Å². The van der Waals surface area contributed by atoms with Gasteiger partial charge in [0.2, 0.25) is 0 Å². The van der Waals surface area contributed by atoms with Gasteiger partial charge in [-0.1, -0.05) is 30.3 Å². The van der Waals surface area contributed by atoms with Gasteiger partial charge in [0.15, 0.2) is 5.78 Å². The number of anilines is 1. The first-order chi connectivity index (χ1) is 12.1. The molecule has 0 saturated carbocycles. The molecule has 0 fully saturated rings. The fourth-order valence-electron chi connectivity index (χ4n) is 2.89. The first kappa shape index (κ1) is 16.8. The summed E-state index contributed by atoms with van der Waals surface area (Å²) in [5.74, 6) is -0.331. The third kappa shape index (κ3) is 3.55. The molecule has 3 rings (SSSR count). The molecule has 0 aliphatic carbocycles. The number of aryl methyl sites for hydroxylation is 1. The zero-order valence-electron chi connectivity index (χ0n) is 14.1. The van der Waals surface area contributed by atoms with Crippen molar-refractivity contribution < 1.29 is 14.3 Å². The predicted molar refractivity (Wildman–Crippen MR) is 97.5 cm³/mol. The van der Waals surface area contributed by atoms with Crippen molar-refractivity contribution in [3.8, 4) is 0 Å². The number of carbonyl (C=O) groups is 2. The maximum absolute atomic E-state index is 12.9. The lowest BCUT2D eigenvalue weighted by molar-refractivity contribution is -0.143. The molecule has 2 aromatic carbocycles. The summed E-state index contributed by atoms with van der Waals surface area (Å²) in [5, 5.41) is 0.860. The normalized spacial score (nSPS) is 10.8. The van der Waals surface area contributed by atoms with E-state index in [1.54, 1.807) is 37.4 Å². The van der Waals surface area contributed by atoms with E-state index in [-0.39, 0.29) is 18.2 Å². The highest BCUT2D eigenvalue weighted by atomic mass is 16.5. The van der Waals surface area contributed by atoms with Gasteiger partial charge in [0.1, 0.15) is 0 Å². The van der Waals surface area contributed by atoms with Gasteiger partial charge >= 0.3 is 5.97 Å². The molecule has 0 atom stereocenters. The third-order valence-corrected chi connectivity index (χ3v) is 4.04. The Morgan fingerprint density at radius 1 is 1.12 bits per heavy atom. The first-order valence-corrected chi connectivity index (χ1v) is 8.24. The van der Waals surface area contributed by atoms with Gasteiger partial charge in [-0.3, -0.25) is 9.59 Å². The number of ketones is 1. The number of nitrogens with zero attached hydrogens (tertiary/aromatic N) is 1. The summed E-state index contributed by atoms with van der Waals surface area (Å²) in [7, 11) is 0. The van der Waals surface area contributed by atoms with E-state index >= 15 is 0 Å². The van der Waals surface area contributed by atoms with Gasteiger partial charge in [0, 0.05) is 40.5 Å². The minimum atomic E-state index is -0.246. The number of rotatable bonds is 6. The number of benzene rings is 2. The van der Waals surface area contributed by atoms with Crippen LogP contribution in [0.4, 0.5) is 5.69 Å². The smallest absolute Gasteiger partial charge is 0.307 e. The number of nitrogens with two attached hydrogens (primary N) is 1. The second-order valence-corrected chi connectivity index (χ2v) is 5.76. The molecular weight excluding hydrogens is 316 g/mol. The van der Waals surface area contributed by atoms with Crippen LogP contribution in [0.1, 0.15) is 29.3 Å². The quantitative estimate of drug-likeness (QED) is 0.425. The van der Waals surface area contributed by atoms with Crippen molar-refractivity contribution in [1.29, 1.82) is 0 Å². The largest absolute Gasteiger partial charge is 0.466 e. The Bertz CT molecular complexity index is 928. The van der Waals surface area contributed by atoms with Crippen molar-refractivity contribution in [2.24, 2.45) is 0 Å². The maximum Gasteiger partial charge on any atom is 0.307 e. The zero-order valence-corrected chi connectivity index (χ0v) is 14.1. The number of esters is 1. The van der Waals surface area contributed by atoms with Gasteiger partial charge in [-0.2, -0.15) is 0 Å². The summed E-state index contributed by atoms with van der Waals surface area (Å²) in [5.41, 5.74) is 8.41. The number of hydrogen-bond donors (Lipinski definition) is 1. The number of carbonyl (C=O) groups excluding carboxylic acids is 2. The molecule has 128 valence electrons. The monoisotopic (exact) mass is 336 g/mol. The topological polar surface area (TPSA) is 74.3 Å². The summed E-state index contributed by atoms with van der Waals surface area (Å²) in [6.07, 6.45) is 2.06. The minimum absolute atomic E-state index is 0.0848. The van der Waals surface area contributed by atoms with Crippen LogP contribution in [0.3, 0.4) is 0 Å². The SMILES string of the molecule is CCOC(=O)CCn1cc(C(=O)c2cccc(N)c2)c2ccccc21. The van der Waals surface area contributed by atoms with Crippen molar-refractivity contribution in [2.75, 3.05) is 12.3 Å². The van der Waals surface area contributed by atoms with Crippen molar-refractivity contribution in [1.82, 2.24) is 4.57 Å².